The molecule has 0 saturated carbocycles. The van der Waals surface area contributed by atoms with Crippen molar-refractivity contribution in [1.82, 2.24) is 4.57 Å². The van der Waals surface area contributed by atoms with Gasteiger partial charge in [0.05, 0.1) is 6.54 Å². The van der Waals surface area contributed by atoms with Gasteiger partial charge in [-0.1, -0.05) is 13.3 Å². The molecule has 2 N–H and O–H groups in total. The smallest absolute Gasteiger partial charge is 0.123 e. The molecule has 112 valence electrons. The van der Waals surface area contributed by atoms with Crippen LogP contribution in [0.25, 0.3) is 0 Å². The summed E-state index contributed by atoms with van der Waals surface area (Å²) in [4.78, 5) is 0. The minimum Gasteiger partial charge on any atom is -0.488 e. The van der Waals surface area contributed by atoms with Gasteiger partial charge in [-0.2, -0.15) is 0 Å². The lowest BCUT2D eigenvalue weighted by atomic mass is 10.1. The third kappa shape index (κ3) is 3.10. The summed E-state index contributed by atoms with van der Waals surface area (Å²) in [6.07, 6.45) is 7.02. The van der Waals surface area contributed by atoms with E-state index in [9.17, 15) is 4.39 Å². The number of halogens is 1. The number of hydrogen-bond acceptors (Lipinski definition) is 2. The van der Waals surface area contributed by atoms with Crippen LogP contribution in [0.5, 0.6) is 5.75 Å². The number of nitrogens with two attached hydrogens (primary N) is 1. The third-order valence-electron chi connectivity index (χ3n) is 3.98. The summed E-state index contributed by atoms with van der Waals surface area (Å²) in [5.74, 6) is 0.600. The Labute approximate surface area is 124 Å². The van der Waals surface area contributed by atoms with Gasteiger partial charge in [-0.05, 0) is 36.2 Å². The van der Waals surface area contributed by atoms with E-state index in [2.05, 4.69) is 23.8 Å². The Kier molecular flexibility index (Phi) is 3.97. The van der Waals surface area contributed by atoms with Crippen molar-refractivity contribution < 1.29 is 9.13 Å². The number of fused-ring (bicyclic) bond motifs is 1. The monoisotopic (exact) mass is 288 g/mol. The van der Waals surface area contributed by atoms with Crippen molar-refractivity contribution >= 4 is 0 Å². The zero-order valence-electron chi connectivity index (χ0n) is 12.3. The maximum atomic E-state index is 13.2. The molecule has 0 fully saturated rings. The first-order valence-corrected chi connectivity index (χ1v) is 7.52. The van der Waals surface area contributed by atoms with Crippen molar-refractivity contribution in [2.24, 2.45) is 5.73 Å². The summed E-state index contributed by atoms with van der Waals surface area (Å²) in [5, 5.41) is 0. The number of ether oxygens (including phenoxy) is 1. The molecule has 3 nitrogen and oxygen atoms in total. The zero-order chi connectivity index (χ0) is 14.8. The largest absolute Gasteiger partial charge is 0.488 e. The van der Waals surface area contributed by atoms with Gasteiger partial charge in [0.2, 0.25) is 0 Å². The van der Waals surface area contributed by atoms with E-state index in [0.717, 1.165) is 37.1 Å². The fourth-order valence-electron chi connectivity index (χ4n) is 2.90. The summed E-state index contributed by atoms with van der Waals surface area (Å²) in [7, 11) is 0. The quantitative estimate of drug-likeness (QED) is 0.915. The molecule has 1 aliphatic rings. The molecule has 2 heterocycles. The summed E-state index contributed by atoms with van der Waals surface area (Å²) in [6.45, 7) is 2.90. The van der Waals surface area contributed by atoms with Gasteiger partial charge in [0.25, 0.3) is 0 Å². The van der Waals surface area contributed by atoms with Gasteiger partial charge in [-0.3, -0.25) is 0 Å². The molecule has 0 amide bonds. The average Bonchev–Trinajstić information content (AvgIpc) is 3.05. The second-order valence-corrected chi connectivity index (χ2v) is 5.73. The lowest BCUT2D eigenvalue weighted by molar-refractivity contribution is 0.209. The number of nitrogens with zero attached hydrogens (tertiary/aromatic N) is 1. The number of aromatic nitrogens is 1. The van der Waals surface area contributed by atoms with Crippen molar-refractivity contribution in [3.8, 4) is 5.75 Å². The molecule has 0 spiro atoms. The first-order chi connectivity index (χ1) is 10.2. The van der Waals surface area contributed by atoms with Crippen molar-refractivity contribution in [3.05, 3.63) is 53.6 Å². The van der Waals surface area contributed by atoms with Gasteiger partial charge in [0.15, 0.2) is 0 Å². The molecule has 3 rings (SSSR count). The van der Waals surface area contributed by atoms with Crippen LogP contribution < -0.4 is 10.5 Å². The maximum Gasteiger partial charge on any atom is 0.123 e. The highest BCUT2D eigenvalue weighted by atomic mass is 19.1. The molecule has 0 saturated heterocycles. The summed E-state index contributed by atoms with van der Waals surface area (Å²) in [6, 6.07) is 6.89. The molecule has 0 aliphatic carbocycles. The van der Waals surface area contributed by atoms with Crippen LogP contribution in [0.1, 0.15) is 36.9 Å². The normalized spacial score (nSPS) is 18.3. The lowest BCUT2D eigenvalue weighted by Crippen LogP contribution is -2.20. The van der Waals surface area contributed by atoms with Gasteiger partial charge >= 0.3 is 0 Å². The Hall–Kier alpha value is -1.81. The molecule has 4 heteroatoms. The standard InChI is InChI=1S/C17H21FN2O/c1-2-3-16(19)12-6-7-20(10-12)11-15-9-13-8-14(18)4-5-17(13)21-15/h4-8,10,15-16H,2-3,9,11,19H2,1H3. The molecule has 2 unspecified atom stereocenters. The highest BCUT2D eigenvalue weighted by Gasteiger charge is 2.23. The van der Waals surface area contributed by atoms with E-state index < -0.39 is 0 Å². The molecule has 2 atom stereocenters. The van der Waals surface area contributed by atoms with Crippen molar-refractivity contribution in [3.63, 3.8) is 0 Å². The molecule has 0 radical (unpaired) electrons. The lowest BCUT2D eigenvalue weighted by Gasteiger charge is -2.12. The molecular formula is C17H21FN2O. The van der Waals surface area contributed by atoms with Crippen LogP contribution in [0.4, 0.5) is 4.39 Å². The van der Waals surface area contributed by atoms with Crippen LogP contribution in [-0.2, 0) is 13.0 Å². The highest BCUT2D eigenvalue weighted by Crippen LogP contribution is 2.30. The third-order valence-corrected chi connectivity index (χ3v) is 3.98. The van der Waals surface area contributed by atoms with Gasteiger partial charge in [-0.15, -0.1) is 0 Å². The SMILES string of the molecule is CCCC(N)c1ccn(CC2Cc3cc(F)ccc3O2)c1. The van der Waals surface area contributed by atoms with Gasteiger partial charge in [0, 0.05) is 30.4 Å². The minimum atomic E-state index is -0.202. The van der Waals surface area contributed by atoms with Gasteiger partial charge < -0.3 is 15.0 Å². The minimum absolute atomic E-state index is 0.0597. The van der Waals surface area contributed by atoms with Crippen LogP contribution in [0.15, 0.2) is 36.7 Å². The molecule has 21 heavy (non-hydrogen) atoms. The molecular weight excluding hydrogens is 267 g/mol. The van der Waals surface area contributed by atoms with E-state index in [4.69, 9.17) is 10.5 Å². The van der Waals surface area contributed by atoms with Gasteiger partial charge in [0.1, 0.15) is 17.7 Å². The predicted molar refractivity (Wildman–Crippen MR) is 80.8 cm³/mol. The Balaban J connectivity index is 1.64. The summed E-state index contributed by atoms with van der Waals surface area (Å²) >= 11 is 0. The second kappa shape index (κ2) is 5.90. The molecule has 2 aromatic rings. The van der Waals surface area contributed by atoms with Crippen LogP contribution in [0.3, 0.4) is 0 Å². The Bertz CT molecular complexity index is 623. The van der Waals surface area contributed by atoms with E-state index in [1.165, 1.54) is 11.6 Å². The van der Waals surface area contributed by atoms with Crippen molar-refractivity contribution in [2.75, 3.05) is 0 Å². The molecule has 0 bridgehead atoms. The van der Waals surface area contributed by atoms with Gasteiger partial charge in [-0.25, -0.2) is 4.39 Å². The fourth-order valence-corrected chi connectivity index (χ4v) is 2.90. The van der Waals surface area contributed by atoms with Crippen molar-refractivity contribution in [2.45, 2.75) is 44.9 Å². The topological polar surface area (TPSA) is 40.2 Å². The molecule has 1 aromatic carbocycles. The highest BCUT2D eigenvalue weighted by molar-refractivity contribution is 5.37. The number of hydrogen-bond donors (Lipinski definition) is 1. The number of benzene rings is 1. The zero-order valence-corrected chi connectivity index (χ0v) is 12.3. The van der Waals surface area contributed by atoms with Crippen LogP contribution >= 0.6 is 0 Å². The first-order valence-electron chi connectivity index (χ1n) is 7.52. The van der Waals surface area contributed by atoms with Crippen LogP contribution in [-0.4, -0.2) is 10.7 Å². The second-order valence-electron chi connectivity index (χ2n) is 5.73. The maximum absolute atomic E-state index is 13.2. The van der Waals surface area contributed by atoms with Crippen LogP contribution in [0.2, 0.25) is 0 Å². The van der Waals surface area contributed by atoms with E-state index in [-0.39, 0.29) is 18.0 Å². The number of rotatable bonds is 5. The summed E-state index contributed by atoms with van der Waals surface area (Å²) < 4.78 is 21.2. The Morgan fingerprint density at radius 2 is 2.29 bits per heavy atom. The van der Waals surface area contributed by atoms with E-state index in [1.54, 1.807) is 12.1 Å². The molecule has 1 aromatic heterocycles. The van der Waals surface area contributed by atoms with E-state index >= 15 is 0 Å². The van der Waals surface area contributed by atoms with Crippen LogP contribution in [0, 0.1) is 5.82 Å². The average molecular weight is 288 g/mol. The fraction of sp³-hybridized carbons (Fsp3) is 0.412. The first kappa shape index (κ1) is 14.1. The van der Waals surface area contributed by atoms with E-state index in [0.29, 0.717) is 0 Å². The predicted octanol–water partition coefficient (Wildman–Crippen LogP) is 3.43. The Morgan fingerprint density at radius 1 is 1.43 bits per heavy atom. The summed E-state index contributed by atoms with van der Waals surface area (Å²) in [5.41, 5.74) is 8.25. The van der Waals surface area contributed by atoms with E-state index in [1.807, 2.05) is 6.20 Å². The molecule has 1 aliphatic heterocycles. The van der Waals surface area contributed by atoms with Crippen molar-refractivity contribution in [1.29, 1.82) is 0 Å². The Morgan fingerprint density at radius 3 is 3.10 bits per heavy atom.